The van der Waals surface area contributed by atoms with Crippen LogP contribution in [0, 0.1) is 11.8 Å². The van der Waals surface area contributed by atoms with Gasteiger partial charge in [0.25, 0.3) is 0 Å². The van der Waals surface area contributed by atoms with E-state index in [1.807, 2.05) is 33.2 Å². The van der Waals surface area contributed by atoms with Crippen LogP contribution in [0.2, 0.25) is 0 Å². The predicted octanol–water partition coefficient (Wildman–Crippen LogP) is 5.02. The second-order valence-corrected chi connectivity index (χ2v) is 5.11. The van der Waals surface area contributed by atoms with Crippen molar-refractivity contribution in [3.05, 3.63) is 36.2 Å². The molecule has 0 spiro atoms. The molecule has 2 unspecified atom stereocenters. The molecule has 2 rings (SSSR count). The highest BCUT2D eigenvalue weighted by Gasteiger charge is 2.28. The molecule has 1 heterocycles. The van der Waals surface area contributed by atoms with Crippen molar-refractivity contribution in [3.8, 4) is 0 Å². The van der Waals surface area contributed by atoms with E-state index < -0.39 is 0 Å². The summed E-state index contributed by atoms with van der Waals surface area (Å²) in [6, 6.07) is 0. The molecule has 0 aromatic carbocycles. The van der Waals surface area contributed by atoms with Crippen LogP contribution in [0.5, 0.6) is 0 Å². The SMILES string of the molecule is C=CC.CC.CC(C)C1CCc2cnncc2C1C. The van der Waals surface area contributed by atoms with E-state index in [1.165, 1.54) is 24.0 Å². The smallest absolute Gasteiger partial charge is 0.0533 e. The Labute approximate surface area is 119 Å². The number of allylic oxidation sites excluding steroid dienone is 1. The molecule has 1 aromatic rings. The summed E-state index contributed by atoms with van der Waals surface area (Å²) >= 11 is 0. The highest BCUT2D eigenvalue weighted by Crippen LogP contribution is 2.38. The molecule has 0 bridgehead atoms. The topological polar surface area (TPSA) is 25.8 Å². The molecule has 0 aliphatic heterocycles. The number of nitrogens with zero attached hydrogens (tertiary/aromatic N) is 2. The maximum atomic E-state index is 3.99. The zero-order chi connectivity index (χ0) is 14.8. The van der Waals surface area contributed by atoms with Crippen molar-refractivity contribution in [3.63, 3.8) is 0 Å². The Kier molecular flexibility index (Phi) is 9.11. The summed E-state index contributed by atoms with van der Waals surface area (Å²) in [6.45, 7) is 16.2. The molecule has 2 nitrogen and oxygen atoms in total. The summed E-state index contributed by atoms with van der Waals surface area (Å²) in [4.78, 5) is 0. The number of aromatic nitrogens is 2. The maximum Gasteiger partial charge on any atom is 0.0533 e. The highest BCUT2D eigenvalue weighted by molar-refractivity contribution is 5.28. The number of hydrogen-bond donors (Lipinski definition) is 0. The van der Waals surface area contributed by atoms with Crippen LogP contribution in [0.1, 0.15) is 65.0 Å². The summed E-state index contributed by atoms with van der Waals surface area (Å²) in [5.41, 5.74) is 2.83. The maximum absolute atomic E-state index is 3.99. The van der Waals surface area contributed by atoms with Crippen molar-refractivity contribution in [2.75, 3.05) is 0 Å². The minimum Gasteiger partial charge on any atom is -0.159 e. The third-order valence-electron chi connectivity index (χ3n) is 3.58. The van der Waals surface area contributed by atoms with Crippen LogP contribution in [0.4, 0.5) is 0 Å². The fourth-order valence-corrected chi connectivity index (χ4v) is 2.69. The van der Waals surface area contributed by atoms with Crippen molar-refractivity contribution in [2.45, 2.75) is 60.3 Å². The Bertz CT molecular complexity index is 358. The lowest BCUT2D eigenvalue weighted by Gasteiger charge is -2.33. The Hall–Kier alpha value is -1.18. The van der Waals surface area contributed by atoms with Gasteiger partial charge in [0, 0.05) is 0 Å². The Morgan fingerprint density at radius 1 is 1.26 bits per heavy atom. The molecule has 19 heavy (non-hydrogen) atoms. The van der Waals surface area contributed by atoms with Gasteiger partial charge >= 0.3 is 0 Å². The average Bonchev–Trinajstić information content (AvgIpc) is 2.42. The first-order valence-electron chi connectivity index (χ1n) is 7.48. The van der Waals surface area contributed by atoms with Gasteiger partial charge in [0.1, 0.15) is 0 Å². The lowest BCUT2D eigenvalue weighted by molar-refractivity contribution is 0.294. The lowest BCUT2D eigenvalue weighted by atomic mass is 9.72. The largest absolute Gasteiger partial charge is 0.159 e. The molecular formula is C17H30N2. The molecule has 0 saturated heterocycles. The van der Waals surface area contributed by atoms with Crippen LogP contribution in [0.25, 0.3) is 0 Å². The molecule has 1 aromatic heterocycles. The van der Waals surface area contributed by atoms with Crippen LogP contribution >= 0.6 is 0 Å². The first-order chi connectivity index (χ1) is 9.11. The first kappa shape index (κ1) is 17.8. The molecule has 0 saturated carbocycles. The van der Waals surface area contributed by atoms with E-state index in [4.69, 9.17) is 0 Å². The quantitative estimate of drug-likeness (QED) is 0.664. The molecule has 0 amide bonds. The van der Waals surface area contributed by atoms with Crippen molar-refractivity contribution in [1.82, 2.24) is 10.2 Å². The summed E-state index contributed by atoms with van der Waals surface area (Å²) in [5.74, 6) is 2.23. The van der Waals surface area contributed by atoms with E-state index in [0.29, 0.717) is 5.92 Å². The van der Waals surface area contributed by atoms with E-state index in [-0.39, 0.29) is 0 Å². The molecule has 1 aliphatic carbocycles. The third kappa shape index (κ3) is 5.14. The Balaban J connectivity index is 0.000000573. The number of rotatable bonds is 1. The monoisotopic (exact) mass is 262 g/mol. The van der Waals surface area contributed by atoms with E-state index in [0.717, 1.165) is 11.8 Å². The summed E-state index contributed by atoms with van der Waals surface area (Å²) in [7, 11) is 0. The number of fused-ring (bicyclic) bond motifs is 1. The summed E-state index contributed by atoms with van der Waals surface area (Å²) in [5, 5.41) is 7.94. The predicted molar refractivity (Wildman–Crippen MR) is 84.3 cm³/mol. The van der Waals surface area contributed by atoms with E-state index in [1.54, 1.807) is 6.08 Å². The van der Waals surface area contributed by atoms with Crippen LogP contribution in [0.3, 0.4) is 0 Å². The number of hydrogen-bond acceptors (Lipinski definition) is 2. The zero-order valence-corrected chi connectivity index (χ0v) is 13.5. The lowest BCUT2D eigenvalue weighted by Crippen LogP contribution is -2.23. The fourth-order valence-electron chi connectivity index (χ4n) is 2.69. The molecule has 0 N–H and O–H groups in total. The van der Waals surface area contributed by atoms with Gasteiger partial charge in [-0.05, 0) is 48.6 Å². The minimum atomic E-state index is 0.647. The van der Waals surface area contributed by atoms with E-state index in [2.05, 4.69) is 37.5 Å². The Morgan fingerprint density at radius 3 is 2.32 bits per heavy atom. The Morgan fingerprint density at radius 2 is 1.79 bits per heavy atom. The standard InChI is InChI=1S/C12H18N2.C3H6.C2H6/c1-8(2)11-5-4-10-6-13-14-7-12(10)9(11)3;1-3-2;1-2/h6-9,11H,4-5H2,1-3H3;3H,1H2,2H3;1-2H3. The second kappa shape index (κ2) is 9.71. The van der Waals surface area contributed by atoms with Gasteiger partial charge in [-0.15, -0.1) is 6.58 Å². The molecule has 2 heteroatoms. The normalized spacial score (nSPS) is 20.4. The molecule has 108 valence electrons. The molecule has 1 aliphatic rings. The van der Waals surface area contributed by atoms with Gasteiger partial charge in [-0.1, -0.05) is 40.7 Å². The van der Waals surface area contributed by atoms with Crippen LogP contribution in [0.15, 0.2) is 25.0 Å². The second-order valence-electron chi connectivity index (χ2n) is 5.11. The van der Waals surface area contributed by atoms with Crippen molar-refractivity contribution < 1.29 is 0 Å². The fraction of sp³-hybridized carbons (Fsp3) is 0.647. The van der Waals surface area contributed by atoms with Gasteiger partial charge in [0.2, 0.25) is 0 Å². The van der Waals surface area contributed by atoms with Crippen molar-refractivity contribution >= 4 is 0 Å². The zero-order valence-electron chi connectivity index (χ0n) is 13.5. The third-order valence-corrected chi connectivity index (χ3v) is 3.58. The van der Waals surface area contributed by atoms with E-state index in [9.17, 15) is 0 Å². The molecule has 0 fully saturated rings. The minimum absolute atomic E-state index is 0.647. The van der Waals surface area contributed by atoms with Crippen LogP contribution < -0.4 is 0 Å². The van der Waals surface area contributed by atoms with Crippen LogP contribution in [-0.2, 0) is 6.42 Å². The highest BCUT2D eigenvalue weighted by atomic mass is 15.1. The summed E-state index contributed by atoms with van der Waals surface area (Å²) < 4.78 is 0. The van der Waals surface area contributed by atoms with E-state index >= 15 is 0 Å². The van der Waals surface area contributed by atoms with Gasteiger partial charge in [-0.25, -0.2) is 0 Å². The molecule has 0 radical (unpaired) electrons. The number of aryl methyl sites for hydroxylation is 1. The van der Waals surface area contributed by atoms with Crippen molar-refractivity contribution in [1.29, 1.82) is 0 Å². The van der Waals surface area contributed by atoms with Gasteiger partial charge < -0.3 is 0 Å². The van der Waals surface area contributed by atoms with Crippen LogP contribution in [-0.4, -0.2) is 10.2 Å². The molecular weight excluding hydrogens is 232 g/mol. The summed E-state index contributed by atoms with van der Waals surface area (Å²) in [6.07, 6.45) is 8.12. The average molecular weight is 262 g/mol. The van der Waals surface area contributed by atoms with Gasteiger partial charge in [-0.3, -0.25) is 0 Å². The van der Waals surface area contributed by atoms with Gasteiger partial charge in [-0.2, -0.15) is 10.2 Å². The van der Waals surface area contributed by atoms with Gasteiger partial charge in [0.05, 0.1) is 12.4 Å². The van der Waals surface area contributed by atoms with Crippen molar-refractivity contribution in [2.24, 2.45) is 11.8 Å². The first-order valence-corrected chi connectivity index (χ1v) is 7.48. The van der Waals surface area contributed by atoms with Gasteiger partial charge in [0.15, 0.2) is 0 Å². The molecule has 2 atom stereocenters.